The molecule has 0 bridgehead atoms. The summed E-state index contributed by atoms with van der Waals surface area (Å²) in [6.07, 6.45) is 3.49. The van der Waals surface area contributed by atoms with Crippen LogP contribution in [0.1, 0.15) is 23.6 Å². The Bertz CT molecular complexity index is 1040. The molecular formula is C23H21FN2O5. The maximum Gasteiger partial charge on any atom is 0.328 e. The van der Waals surface area contributed by atoms with E-state index in [4.69, 9.17) is 9.47 Å². The summed E-state index contributed by atoms with van der Waals surface area (Å²) in [5, 5.41) is 4.07. The van der Waals surface area contributed by atoms with Crippen LogP contribution in [0, 0.1) is 5.82 Å². The first-order valence-corrected chi connectivity index (χ1v) is 9.57. The Labute approximate surface area is 178 Å². The summed E-state index contributed by atoms with van der Waals surface area (Å²) in [5.41, 5.74) is 1.82. The highest BCUT2D eigenvalue weighted by atomic mass is 19.1. The van der Waals surface area contributed by atoms with E-state index in [1.54, 1.807) is 30.3 Å². The van der Waals surface area contributed by atoms with E-state index < -0.39 is 17.8 Å². The van der Waals surface area contributed by atoms with Gasteiger partial charge < -0.3 is 9.47 Å². The van der Waals surface area contributed by atoms with E-state index in [9.17, 15) is 18.8 Å². The van der Waals surface area contributed by atoms with Crippen molar-refractivity contribution < 1.29 is 28.2 Å². The summed E-state index contributed by atoms with van der Waals surface area (Å²) < 4.78 is 24.8. The molecular weight excluding hydrogens is 403 g/mol. The number of benzene rings is 2. The van der Waals surface area contributed by atoms with Crippen molar-refractivity contribution in [3.05, 3.63) is 77.1 Å². The molecule has 1 fully saturated rings. The highest BCUT2D eigenvalue weighted by Crippen LogP contribution is 2.35. The van der Waals surface area contributed by atoms with Crippen LogP contribution >= 0.6 is 0 Å². The molecule has 1 saturated heterocycles. The second-order valence-corrected chi connectivity index (χ2v) is 6.64. The molecule has 0 radical (unpaired) electrons. The van der Waals surface area contributed by atoms with E-state index in [-0.39, 0.29) is 18.0 Å². The smallest absolute Gasteiger partial charge is 0.328 e. The van der Waals surface area contributed by atoms with Crippen molar-refractivity contribution in [3.8, 4) is 11.5 Å². The number of hydrogen-bond acceptors (Lipinski definition) is 5. The van der Waals surface area contributed by atoms with Crippen LogP contribution in [0.15, 0.2) is 54.6 Å². The monoisotopic (exact) mass is 424 g/mol. The third-order valence-electron chi connectivity index (χ3n) is 4.37. The van der Waals surface area contributed by atoms with Crippen molar-refractivity contribution in [2.75, 3.05) is 6.61 Å². The topological polar surface area (TPSA) is 93.7 Å². The fourth-order valence-electron chi connectivity index (χ4n) is 3.01. The van der Waals surface area contributed by atoms with Gasteiger partial charge in [-0.15, -0.1) is 6.58 Å². The molecule has 8 heteroatoms. The summed E-state index contributed by atoms with van der Waals surface area (Å²) >= 11 is 0. The normalized spacial score (nSPS) is 13.4. The number of ether oxygens (including phenoxy) is 2. The van der Waals surface area contributed by atoms with Crippen LogP contribution < -0.4 is 20.1 Å². The lowest BCUT2D eigenvalue weighted by atomic mass is 10.0. The van der Waals surface area contributed by atoms with Crippen molar-refractivity contribution in [1.29, 1.82) is 0 Å². The van der Waals surface area contributed by atoms with Gasteiger partial charge in [-0.05, 0) is 54.8 Å². The summed E-state index contributed by atoms with van der Waals surface area (Å²) in [6, 6.07) is 8.49. The summed E-state index contributed by atoms with van der Waals surface area (Å²) in [4.78, 5) is 35.3. The van der Waals surface area contributed by atoms with E-state index in [0.29, 0.717) is 30.1 Å². The SMILES string of the molecule is C=CCc1cc(C=C2C(=O)NC(=O)NC2=O)cc(OCC)c1OCc1ccc(F)cc1. The Morgan fingerprint density at radius 1 is 1.03 bits per heavy atom. The lowest BCUT2D eigenvalue weighted by Crippen LogP contribution is -2.51. The third kappa shape index (κ3) is 5.36. The van der Waals surface area contributed by atoms with E-state index in [1.165, 1.54) is 18.2 Å². The minimum absolute atomic E-state index is 0.192. The Morgan fingerprint density at radius 3 is 2.32 bits per heavy atom. The van der Waals surface area contributed by atoms with Crippen molar-refractivity contribution >= 4 is 23.9 Å². The minimum Gasteiger partial charge on any atom is -0.490 e. The van der Waals surface area contributed by atoms with Gasteiger partial charge in [0.2, 0.25) is 0 Å². The highest BCUT2D eigenvalue weighted by Gasteiger charge is 2.28. The standard InChI is InChI=1S/C23H21FN2O5/c1-3-5-16-10-15(11-18-21(27)25-23(29)26-22(18)28)12-19(30-4-2)20(16)31-13-14-6-8-17(24)9-7-14/h3,6-12H,1,4-5,13H2,2H3,(H2,25,26,27,28,29). The number of carbonyl (C=O) groups is 3. The van der Waals surface area contributed by atoms with Crippen LogP contribution in [-0.2, 0) is 22.6 Å². The van der Waals surface area contributed by atoms with E-state index in [1.807, 2.05) is 17.6 Å². The molecule has 2 N–H and O–H groups in total. The van der Waals surface area contributed by atoms with E-state index >= 15 is 0 Å². The lowest BCUT2D eigenvalue weighted by Gasteiger charge is -2.18. The Kier molecular flexibility index (Phi) is 6.81. The molecule has 0 atom stereocenters. The first-order valence-electron chi connectivity index (χ1n) is 9.57. The fraction of sp³-hybridized carbons (Fsp3) is 0.174. The molecule has 0 aromatic heterocycles. The number of carbonyl (C=O) groups excluding carboxylic acids is 3. The first-order chi connectivity index (χ1) is 14.9. The van der Waals surface area contributed by atoms with Crippen LogP contribution in [-0.4, -0.2) is 24.5 Å². The second-order valence-electron chi connectivity index (χ2n) is 6.64. The molecule has 0 aliphatic carbocycles. The van der Waals surface area contributed by atoms with Crippen molar-refractivity contribution in [1.82, 2.24) is 10.6 Å². The average molecular weight is 424 g/mol. The van der Waals surface area contributed by atoms with Gasteiger partial charge in [0.25, 0.3) is 11.8 Å². The Hall–Kier alpha value is -3.94. The molecule has 1 aliphatic heterocycles. The van der Waals surface area contributed by atoms with Gasteiger partial charge in [0, 0.05) is 5.56 Å². The van der Waals surface area contributed by atoms with Crippen LogP contribution in [0.25, 0.3) is 6.08 Å². The number of rotatable bonds is 8. The second kappa shape index (κ2) is 9.71. The van der Waals surface area contributed by atoms with Gasteiger partial charge >= 0.3 is 6.03 Å². The predicted octanol–water partition coefficient (Wildman–Crippen LogP) is 3.28. The summed E-state index contributed by atoms with van der Waals surface area (Å²) in [6.45, 7) is 6.12. The molecule has 1 aliphatic rings. The van der Waals surface area contributed by atoms with Gasteiger partial charge in [0.1, 0.15) is 18.0 Å². The molecule has 7 nitrogen and oxygen atoms in total. The van der Waals surface area contributed by atoms with Gasteiger partial charge in [-0.25, -0.2) is 9.18 Å². The Balaban J connectivity index is 1.97. The van der Waals surface area contributed by atoms with Gasteiger partial charge in [-0.3, -0.25) is 20.2 Å². The number of urea groups is 1. The molecule has 0 spiro atoms. The molecule has 2 aromatic rings. The summed E-state index contributed by atoms with van der Waals surface area (Å²) in [5.74, 6) is -0.993. The molecule has 2 aromatic carbocycles. The first kappa shape index (κ1) is 21.8. The van der Waals surface area contributed by atoms with Crippen molar-refractivity contribution in [2.45, 2.75) is 20.0 Å². The molecule has 1 heterocycles. The van der Waals surface area contributed by atoms with E-state index in [0.717, 1.165) is 11.1 Å². The highest BCUT2D eigenvalue weighted by molar-refractivity contribution is 6.31. The number of nitrogens with one attached hydrogen (secondary N) is 2. The zero-order valence-corrected chi connectivity index (χ0v) is 16.9. The van der Waals surface area contributed by atoms with Gasteiger partial charge in [0.15, 0.2) is 11.5 Å². The molecule has 4 amide bonds. The fourth-order valence-corrected chi connectivity index (χ4v) is 3.01. The van der Waals surface area contributed by atoms with Crippen LogP contribution in [0.2, 0.25) is 0 Å². The lowest BCUT2D eigenvalue weighted by molar-refractivity contribution is -0.123. The van der Waals surface area contributed by atoms with E-state index in [2.05, 4.69) is 6.58 Å². The maximum absolute atomic E-state index is 13.1. The molecule has 160 valence electrons. The molecule has 3 rings (SSSR count). The molecule has 0 unspecified atom stereocenters. The molecule has 31 heavy (non-hydrogen) atoms. The number of amides is 4. The van der Waals surface area contributed by atoms with Crippen LogP contribution in [0.3, 0.4) is 0 Å². The van der Waals surface area contributed by atoms with Gasteiger partial charge in [0.05, 0.1) is 6.61 Å². The number of imide groups is 2. The predicted molar refractivity (Wildman–Crippen MR) is 112 cm³/mol. The number of allylic oxidation sites excluding steroid dienone is 1. The number of halogens is 1. The largest absolute Gasteiger partial charge is 0.490 e. The average Bonchev–Trinajstić information content (AvgIpc) is 2.72. The van der Waals surface area contributed by atoms with Crippen molar-refractivity contribution in [3.63, 3.8) is 0 Å². The zero-order chi connectivity index (χ0) is 22.4. The van der Waals surface area contributed by atoms with Gasteiger partial charge in [-0.1, -0.05) is 18.2 Å². The quantitative estimate of drug-likeness (QED) is 0.385. The maximum atomic E-state index is 13.1. The molecule has 0 saturated carbocycles. The van der Waals surface area contributed by atoms with Crippen LogP contribution in [0.5, 0.6) is 11.5 Å². The number of barbiturate groups is 1. The van der Waals surface area contributed by atoms with Crippen molar-refractivity contribution in [2.24, 2.45) is 0 Å². The third-order valence-corrected chi connectivity index (χ3v) is 4.37. The zero-order valence-electron chi connectivity index (χ0n) is 16.9. The van der Waals surface area contributed by atoms with Gasteiger partial charge in [-0.2, -0.15) is 0 Å². The van der Waals surface area contributed by atoms with Crippen LogP contribution in [0.4, 0.5) is 9.18 Å². The summed E-state index contributed by atoms with van der Waals surface area (Å²) in [7, 11) is 0. The number of hydrogen-bond donors (Lipinski definition) is 2. The minimum atomic E-state index is -0.862. The Morgan fingerprint density at radius 2 is 1.71 bits per heavy atom.